The topological polar surface area (TPSA) is 40.5 Å². The van der Waals surface area contributed by atoms with Gasteiger partial charge in [-0.2, -0.15) is 0 Å². The molecular formula is C10H13NO2. The van der Waals surface area contributed by atoms with Gasteiger partial charge in [0.05, 0.1) is 0 Å². The summed E-state index contributed by atoms with van der Waals surface area (Å²) in [6, 6.07) is 0. The van der Waals surface area contributed by atoms with Crippen LogP contribution in [0.5, 0.6) is 0 Å². The number of rotatable bonds is 2. The molecule has 0 bridgehead atoms. The van der Waals surface area contributed by atoms with Crippen LogP contribution in [-0.2, 0) is 4.79 Å². The average molecular weight is 179 g/mol. The second-order valence-corrected chi connectivity index (χ2v) is 2.93. The molecular weight excluding hydrogens is 166 g/mol. The lowest BCUT2D eigenvalue weighted by molar-refractivity contribution is -0.153. The Labute approximate surface area is 77.6 Å². The van der Waals surface area contributed by atoms with Crippen LogP contribution in [0.3, 0.4) is 0 Å². The SMILES string of the molecule is CN(O)C(=O)C=CC1C=CC=CC1. The van der Waals surface area contributed by atoms with Crippen LogP contribution < -0.4 is 0 Å². The molecule has 3 nitrogen and oxygen atoms in total. The molecule has 1 aliphatic carbocycles. The Kier molecular flexibility index (Phi) is 3.46. The van der Waals surface area contributed by atoms with Gasteiger partial charge in [0.2, 0.25) is 0 Å². The molecule has 0 saturated heterocycles. The molecule has 0 fully saturated rings. The lowest BCUT2D eigenvalue weighted by Gasteiger charge is -2.07. The Morgan fingerprint density at radius 2 is 2.38 bits per heavy atom. The molecule has 0 aliphatic heterocycles. The highest BCUT2D eigenvalue weighted by Crippen LogP contribution is 2.12. The molecule has 1 amide bonds. The second kappa shape index (κ2) is 4.62. The molecule has 0 aromatic heterocycles. The summed E-state index contributed by atoms with van der Waals surface area (Å²) < 4.78 is 0. The van der Waals surface area contributed by atoms with Crippen LogP contribution >= 0.6 is 0 Å². The Morgan fingerprint density at radius 3 is 2.92 bits per heavy atom. The first kappa shape index (κ1) is 9.74. The molecule has 70 valence electrons. The minimum atomic E-state index is -0.400. The maximum absolute atomic E-state index is 10.9. The third-order valence-electron chi connectivity index (χ3n) is 1.82. The van der Waals surface area contributed by atoms with E-state index >= 15 is 0 Å². The van der Waals surface area contributed by atoms with Crippen molar-refractivity contribution in [2.24, 2.45) is 5.92 Å². The maximum Gasteiger partial charge on any atom is 0.269 e. The standard InChI is InChI=1S/C10H13NO2/c1-11(13)10(12)8-7-9-5-3-2-4-6-9/h2-5,7-9,13H,6H2,1H3. The molecule has 3 heteroatoms. The van der Waals surface area contributed by atoms with Crippen LogP contribution in [0.4, 0.5) is 0 Å². The smallest absolute Gasteiger partial charge is 0.269 e. The number of carbonyl (C=O) groups excluding carboxylic acids is 1. The molecule has 0 spiro atoms. The molecule has 0 aromatic rings. The van der Waals surface area contributed by atoms with E-state index in [2.05, 4.69) is 0 Å². The second-order valence-electron chi connectivity index (χ2n) is 2.93. The number of nitrogens with zero attached hydrogens (tertiary/aromatic N) is 1. The summed E-state index contributed by atoms with van der Waals surface area (Å²) in [5, 5.41) is 9.32. The Balaban J connectivity index is 2.44. The summed E-state index contributed by atoms with van der Waals surface area (Å²) in [7, 11) is 1.31. The van der Waals surface area contributed by atoms with Gasteiger partial charge in [-0.1, -0.05) is 30.4 Å². The van der Waals surface area contributed by atoms with Crippen molar-refractivity contribution in [3.05, 3.63) is 36.5 Å². The van der Waals surface area contributed by atoms with Gasteiger partial charge in [0.25, 0.3) is 5.91 Å². The van der Waals surface area contributed by atoms with Crippen LogP contribution in [0.2, 0.25) is 0 Å². The number of allylic oxidation sites excluding steroid dienone is 5. The van der Waals surface area contributed by atoms with E-state index in [1.54, 1.807) is 6.08 Å². The molecule has 1 atom stereocenters. The van der Waals surface area contributed by atoms with Crippen molar-refractivity contribution in [2.75, 3.05) is 7.05 Å². The lowest BCUT2D eigenvalue weighted by Crippen LogP contribution is -2.19. The van der Waals surface area contributed by atoms with E-state index < -0.39 is 5.91 Å². The molecule has 0 aromatic carbocycles. The quantitative estimate of drug-likeness (QED) is 0.396. The van der Waals surface area contributed by atoms with E-state index in [9.17, 15) is 4.79 Å². The van der Waals surface area contributed by atoms with Crippen LogP contribution in [0.25, 0.3) is 0 Å². The molecule has 1 aliphatic rings. The van der Waals surface area contributed by atoms with Gasteiger partial charge in [0.15, 0.2) is 0 Å². The van der Waals surface area contributed by atoms with Gasteiger partial charge in [-0.25, -0.2) is 5.06 Å². The summed E-state index contributed by atoms with van der Waals surface area (Å²) in [6.07, 6.45) is 12.1. The lowest BCUT2D eigenvalue weighted by atomic mass is 10.0. The summed E-state index contributed by atoms with van der Waals surface area (Å²) in [5.41, 5.74) is 0. The summed E-state index contributed by atoms with van der Waals surface area (Å²) in [4.78, 5) is 10.9. The minimum Gasteiger partial charge on any atom is -0.286 e. The zero-order chi connectivity index (χ0) is 9.68. The molecule has 0 saturated carbocycles. The molecule has 0 heterocycles. The number of carbonyl (C=O) groups is 1. The van der Waals surface area contributed by atoms with Crippen molar-refractivity contribution in [3.8, 4) is 0 Å². The highest BCUT2D eigenvalue weighted by atomic mass is 16.5. The van der Waals surface area contributed by atoms with E-state index in [-0.39, 0.29) is 5.92 Å². The van der Waals surface area contributed by atoms with E-state index in [1.165, 1.54) is 13.1 Å². The molecule has 0 radical (unpaired) electrons. The van der Waals surface area contributed by atoms with Crippen molar-refractivity contribution in [1.82, 2.24) is 5.06 Å². The highest BCUT2D eigenvalue weighted by molar-refractivity contribution is 5.86. The Morgan fingerprint density at radius 1 is 1.62 bits per heavy atom. The third-order valence-corrected chi connectivity index (χ3v) is 1.82. The van der Waals surface area contributed by atoms with Crippen molar-refractivity contribution in [3.63, 3.8) is 0 Å². The van der Waals surface area contributed by atoms with E-state index in [4.69, 9.17) is 5.21 Å². The maximum atomic E-state index is 10.9. The van der Waals surface area contributed by atoms with E-state index in [1.807, 2.05) is 24.3 Å². The number of hydroxylamine groups is 2. The fraction of sp³-hybridized carbons (Fsp3) is 0.300. The highest BCUT2D eigenvalue weighted by Gasteiger charge is 2.03. The van der Waals surface area contributed by atoms with Crippen molar-refractivity contribution in [2.45, 2.75) is 6.42 Å². The molecule has 13 heavy (non-hydrogen) atoms. The van der Waals surface area contributed by atoms with Gasteiger partial charge in [-0.15, -0.1) is 0 Å². The van der Waals surface area contributed by atoms with Gasteiger partial charge in [-0.3, -0.25) is 10.0 Å². The van der Waals surface area contributed by atoms with Crippen LogP contribution in [0.15, 0.2) is 36.5 Å². The summed E-state index contributed by atoms with van der Waals surface area (Å²) >= 11 is 0. The number of likely N-dealkylation sites (N-methyl/N-ethyl adjacent to an activating group) is 1. The molecule has 1 N–H and O–H groups in total. The van der Waals surface area contributed by atoms with Gasteiger partial charge >= 0.3 is 0 Å². The van der Waals surface area contributed by atoms with Crippen LogP contribution in [0, 0.1) is 5.92 Å². The largest absolute Gasteiger partial charge is 0.286 e. The molecule has 1 unspecified atom stereocenters. The van der Waals surface area contributed by atoms with Crippen LogP contribution in [0.1, 0.15) is 6.42 Å². The first-order valence-corrected chi connectivity index (χ1v) is 4.18. The Hall–Kier alpha value is -1.35. The predicted octanol–water partition coefficient (Wildman–Crippen LogP) is 1.52. The summed E-state index contributed by atoms with van der Waals surface area (Å²) in [5.74, 6) is -0.128. The summed E-state index contributed by atoms with van der Waals surface area (Å²) in [6.45, 7) is 0. The van der Waals surface area contributed by atoms with E-state index in [0.29, 0.717) is 5.06 Å². The van der Waals surface area contributed by atoms with Gasteiger partial charge in [0.1, 0.15) is 0 Å². The average Bonchev–Trinajstić information content (AvgIpc) is 2.15. The number of hydrogen-bond donors (Lipinski definition) is 1. The minimum absolute atomic E-state index is 0.272. The first-order chi connectivity index (χ1) is 6.20. The third kappa shape index (κ3) is 3.25. The number of amides is 1. The van der Waals surface area contributed by atoms with Crippen LogP contribution in [-0.4, -0.2) is 23.2 Å². The zero-order valence-corrected chi connectivity index (χ0v) is 7.55. The first-order valence-electron chi connectivity index (χ1n) is 4.18. The van der Waals surface area contributed by atoms with Gasteiger partial charge in [-0.05, 0) is 12.3 Å². The fourth-order valence-electron chi connectivity index (χ4n) is 1.06. The monoisotopic (exact) mass is 179 g/mol. The zero-order valence-electron chi connectivity index (χ0n) is 7.55. The van der Waals surface area contributed by atoms with E-state index in [0.717, 1.165) is 6.42 Å². The van der Waals surface area contributed by atoms with Crippen molar-refractivity contribution < 1.29 is 10.0 Å². The Bertz CT molecular complexity index is 264. The fourth-order valence-corrected chi connectivity index (χ4v) is 1.06. The predicted molar refractivity (Wildman–Crippen MR) is 50.1 cm³/mol. The van der Waals surface area contributed by atoms with Crippen molar-refractivity contribution in [1.29, 1.82) is 0 Å². The van der Waals surface area contributed by atoms with Gasteiger partial charge in [0, 0.05) is 13.1 Å². The normalized spacial score (nSPS) is 20.9. The van der Waals surface area contributed by atoms with Crippen molar-refractivity contribution >= 4 is 5.91 Å². The van der Waals surface area contributed by atoms with Gasteiger partial charge < -0.3 is 0 Å². The molecule has 1 rings (SSSR count). The number of hydrogen-bond acceptors (Lipinski definition) is 2.